The lowest BCUT2D eigenvalue weighted by Crippen LogP contribution is -2.63. The minimum atomic E-state index is -4.07. The highest BCUT2D eigenvalue weighted by Gasteiger charge is 2.52. The molecule has 0 aliphatic rings. The molecule has 2 rings (SSSR count). The Balaban J connectivity index is 2.01. The zero-order chi connectivity index (χ0) is 67.5. The summed E-state index contributed by atoms with van der Waals surface area (Å²) in [7, 11) is -36.9. The highest BCUT2D eigenvalue weighted by atomic mass is 32.2. The third-order valence-corrected chi connectivity index (χ3v) is 65.0. The van der Waals surface area contributed by atoms with Gasteiger partial charge >= 0.3 is 94.2 Å². The van der Waals surface area contributed by atoms with Gasteiger partial charge < -0.3 is 59.6 Å². The maximum Gasteiger partial charge on any atom is 0.314 e. The summed E-state index contributed by atoms with van der Waals surface area (Å²) >= 11 is 0. The second-order valence-corrected chi connectivity index (χ2v) is 80.2. The summed E-state index contributed by atoms with van der Waals surface area (Å²) in [6.07, 6.45) is 5.08. The minimum Gasteiger partial charge on any atom is -0.436 e. The van der Waals surface area contributed by atoms with E-state index in [0.29, 0.717) is 24.1 Å². The molecule has 0 heterocycles. The second kappa shape index (κ2) is 32.1. The van der Waals surface area contributed by atoms with Crippen molar-refractivity contribution in [1.29, 1.82) is 0 Å². The van der Waals surface area contributed by atoms with Gasteiger partial charge in [0.2, 0.25) is 10.0 Å². The van der Waals surface area contributed by atoms with Crippen LogP contribution in [0, 0.1) is 16.0 Å². The number of unbranched alkanes of at least 4 members (excludes halogenated alkanes) is 1. The number of sulfonamides is 1. The van der Waals surface area contributed by atoms with Gasteiger partial charge in [-0.2, -0.15) is 0 Å². The van der Waals surface area contributed by atoms with Gasteiger partial charge in [0.05, 0.1) is 9.82 Å². The Labute approximate surface area is 542 Å². The van der Waals surface area contributed by atoms with Gasteiger partial charge in [0, 0.05) is 24.8 Å². The largest absolute Gasteiger partial charge is 0.436 e. The number of hydrogen-bond donors (Lipinski definition) is 2. The van der Waals surface area contributed by atoms with Crippen LogP contribution in [-0.2, 0) is 65.9 Å². The predicted octanol–water partition coefficient (Wildman–Crippen LogP) is 16.0. The molecule has 0 saturated heterocycles. The van der Waals surface area contributed by atoms with Crippen LogP contribution in [0.3, 0.4) is 0 Å². The summed E-state index contributed by atoms with van der Waals surface area (Å²) in [4.78, 5) is 13.8. The molecule has 0 radical (unpaired) electrons. The summed E-state index contributed by atoms with van der Waals surface area (Å²) in [5, 5.41) is 15.4. The molecule has 0 aliphatic heterocycles. The Morgan fingerprint density at radius 2 is 0.862 bits per heavy atom. The van der Waals surface area contributed by atoms with Crippen molar-refractivity contribution in [3.63, 3.8) is 0 Å². The Kier molecular flexibility index (Phi) is 30.6. The van der Waals surface area contributed by atoms with Gasteiger partial charge in [-0.25, -0.2) is 13.1 Å². The van der Waals surface area contributed by atoms with E-state index < -0.39 is 126 Å². The molecule has 0 aliphatic carbocycles. The van der Waals surface area contributed by atoms with Crippen molar-refractivity contribution >= 4 is 138 Å². The van der Waals surface area contributed by atoms with E-state index in [1.807, 2.05) is 116 Å². The summed E-state index contributed by atoms with van der Waals surface area (Å²) in [6.45, 7) is 62.4. The number of benzene rings is 2. The number of nitro groups is 1. The molecule has 34 heteroatoms. The molecule has 0 bridgehead atoms. The van der Waals surface area contributed by atoms with Gasteiger partial charge in [0.15, 0.2) is 16.6 Å². The number of anilines is 2. The van der Waals surface area contributed by atoms with Crippen LogP contribution in [0.2, 0.25) is 182 Å². The molecule has 0 amide bonds. The van der Waals surface area contributed by atoms with Crippen LogP contribution in [0.4, 0.5) is 17.1 Å². The number of nitro benzene ring substituents is 1. The summed E-state index contributed by atoms with van der Waals surface area (Å²) in [5.41, 5.74) is 1.60. The van der Waals surface area contributed by atoms with E-state index in [9.17, 15) is 18.5 Å². The third-order valence-electron chi connectivity index (χ3n) is 12.8. The van der Waals surface area contributed by atoms with Crippen LogP contribution in [0.1, 0.15) is 58.4 Å². The van der Waals surface area contributed by atoms with E-state index in [1.54, 1.807) is 0 Å². The van der Waals surface area contributed by atoms with Crippen LogP contribution < -0.4 is 10.0 Å². The summed E-state index contributed by atoms with van der Waals surface area (Å²) in [5.74, 6) is 0.653. The average Bonchev–Trinajstić information content (AvgIpc) is 1.89. The van der Waals surface area contributed by atoms with Gasteiger partial charge in [0.25, 0.3) is 5.69 Å². The number of nitrogens with zero attached hydrogens (tertiary/aromatic N) is 2. The summed E-state index contributed by atoms with van der Waals surface area (Å²) in [6, 6.07) is 13.4. The lowest BCUT2D eigenvalue weighted by Gasteiger charge is -2.45. The van der Waals surface area contributed by atoms with Crippen LogP contribution in [0.15, 0.2) is 47.4 Å². The normalized spacial score (nSPS) is 14.6. The van der Waals surface area contributed by atoms with Crippen molar-refractivity contribution in [2.45, 2.75) is 247 Å². The molecule has 0 fully saturated rings. The fourth-order valence-corrected chi connectivity index (χ4v) is 80.1. The van der Waals surface area contributed by atoms with Crippen molar-refractivity contribution < 1.29 is 62.7 Å². The number of nitrogens with one attached hydrogen (secondary N) is 2. The van der Waals surface area contributed by atoms with Crippen LogP contribution in [0.25, 0.3) is 0 Å². The molecule has 87 heavy (non-hydrogen) atoms. The molecular weight excluding hydrogens is 1350 g/mol. The molecule has 2 aromatic rings. The maximum atomic E-state index is 13.5. The molecule has 0 saturated carbocycles. The molecule has 0 aromatic heterocycles. The van der Waals surface area contributed by atoms with Crippen LogP contribution in [-0.4, -0.2) is 149 Å². The minimum absolute atomic E-state index is 0.128. The molecule has 20 nitrogen and oxygen atoms in total. The van der Waals surface area contributed by atoms with Crippen molar-refractivity contribution in [3.8, 4) is 0 Å². The van der Waals surface area contributed by atoms with E-state index in [4.69, 9.17) is 49.4 Å². The molecule has 2 aromatic carbocycles. The molecule has 506 valence electrons. The first kappa shape index (κ1) is 82.9. The Bertz CT molecular complexity index is 2640. The Morgan fingerprint density at radius 3 is 1.21 bits per heavy atom. The quantitative estimate of drug-likeness (QED) is 0.0273. The zero-order valence-electron chi connectivity index (χ0n) is 59.5. The van der Waals surface area contributed by atoms with E-state index in [-0.39, 0.29) is 22.8 Å². The highest BCUT2D eigenvalue weighted by Crippen LogP contribution is 2.35. The first-order valence-corrected chi connectivity index (χ1v) is 69.7. The number of rotatable bonds is 42. The van der Waals surface area contributed by atoms with Crippen molar-refractivity contribution in [3.05, 3.63) is 58.1 Å². The maximum absolute atomic E-state index is 13.5. The van der Waals surface area contributed by atoms with E-state index in [1.165, 1.54) is 18.6 Å². The summed E-state index contributed by atoms with van der Waals surface area (Å²) < 4.78 is 112. The monoisotopic (exact) mass is 1460 g/mol. The van der Waals surface area contributed by atoms with Crippen molar-refractivity contribution in [2.75, 3.05) is 25.5 Å². The first-order valence-electron chi connectivity index (χ1n) is 31.1. The lowest BCUT2D eigenvalue weighted by molar-refractivity contribution is -0.384. The van der Waals surface area contributed by atoms with Gasteiger partial charge in [-0.05, 0) is 251 Å². The SMILES string of the molecule is CCCC[Si](C)(C)O[Si](C)(C)O[Si](C)(C)O[Si](C)(C)O[Si](C)(C)O[Si](C)(C)O[Si](C)(C)O[Si](C)(C)O[Si](C)(C)O[Si](C)(C)O[Si](C)(C)O[Si](C)(C)O[Si](C)(C)CCCNS(=O)(=O)c1ccc(Nc2cccc(CN(C)CCCC(C)C)c2)c([N+](=O)[O-])c1. The molecule has 0 atom stereocenters. The predicted molar refractivity (Wildman–Crippen MR) is 388 cm³/mol. The van der Waals surface area contributed by atoms with Gasteiger partial charge in [-0.1, -0.05) is 45.7 Å². The van der Waals surface area contributed by atoms with Crippen LogP contribution in [0.5, 0.6) is 0 Å². The Morgan fingerprint density at radius 1 is 0.506 bits per heavy atom. The van der Waals surface area contributed by atoms with Gasteiger partial charge in [0.1, 0.15) is 5.69 Å². The Hall–Kier alpha value is -0.151. The van der Waals surface area contributed by atoms with Gasteiger partial charge in [-0.15, -0.1) is 0 Å². The van der Waals surface area contributed by atoms with E-state index in [0.717, 1.165) is 50.0 Å². The van der Waals surface area contributed by atoms with Crippen molar-refractivity contribution in [2.24, 2.45) is 5.92 Å². The molecule has 0 unspecified atom stereocenters. The van der Waals surface area contributed by atoms with Gasteiger partial charge in [-0.3, -0.25) is 10.1 Å². The van der Waals surface area contributed by atoms with Crippen LogP contribution >= 0.6 is 0 Å². The third kappa shape index (κ3) is 34.2. The van der Waals surface area contributed by atoms with E-state index in [2.05, 4.69) is 121 Å². The molecule has 0 spiro atoms. The lowest BCUT2D eigenvalue weighted by atomic mass is 10.1. The average molecular weight is 1470 g/mol. The topological polar surface area (TPSA) is 215 Å². The fourth-order valence-electron chi connectivity index (χ4n) is 12.0. The highest BCUT2D eigenvalue weighted by molar-refractivity contribution is 7.89. The zero-order valence-corrected chi connectivity index (χ0v) is 73.3. The van der Waals surface area contributed by atoms with Crippen molar-refractivity contribution in [1.82, 2.24) is 9.62 Å². The molecule has 2 N–H and O–H groups in total. The van der Waals surface area contributed by atoms with E-state index >= 15 is 0 Å². The second-order valence-electron chi connectivity index (χ2n) is 29.8. The fraction of sp³-hybridized carbons (Fsp3) is 0.774. The number of hydrogen-bond acceptors (Lipinski definition) is 18. The molecular formula is C53H120N4O16SSi13. The smallest absolute Gasteiger partial charge is 0.314 e. The standard InChI is InChI=1S/C53H120N4O16SSi13/c1-31-32-43-75(5,6)62-77(9,10)64-79(13,14)66-81(17,18)68-83(21,22)70-85(25,26)72-87(29,30)73-86(27,28)71-84(23,24)69-82(19,20)67-80(15,16)65-78(11,12)63-76(7,8)44-35-41-54-74(60,61)51-39-40-52(53(46-51)57(58)59)55-50-38-33-37-49(45-50)47-56(4)42-34-36-48(2)3/h33,37-40,45-46,48,54-55H,31-32,34-36,41-44,47H2,1-30H3. The first-order chi connectivity index (χ1) is 38.8.